The summed E-state index contributed by atoms with van der Waals surface area (Å²) in [5, 5.41) is 3.04. The number of rotatable bonds is 0. The molecule has 0 fully saturated rings. The van der Waals surface area contributed by atoms with Gasteiger partial charge in [0.1, 0.15) is 0 Å². The number of hydrogen-bond acceptors (Lipinski definition) is 2. The van der Waals surface area contributed by atoms with E-state index in [1.807, 2.05) is 6.20 Å². The van der Waals surface area contributed by atoms with Gasteiger partial charge >= 0.3 is 0 Å². The molecule has 1 rings (SSSR count). The first kappa shape index (κ1) is 5.35. The first-order valence-corrected chi connectivity index (χ1v) is 2.81. The maximum Gasteiger partial charge on any atom is 0.0879 e. The quantitative estimate of drug-likeness (QED) is 0.489. The summed E-state index contributed by atoms with van der Waals surface area (Å²) in [7, 11) is 0. The molecule has 1 aliphatic rings. The van der Waals surface area contributed by atoms with Gasteiger partial charge in [0.2, 0.25) is 0 Å². The number of nitrogens with one attached hydrogen (secondary N) is 1. The van der Waals surface area contributed by atoms with Gasteiger partial charge in [0.05, 0.1) is 6.34 Å². The molecule has 1 heterocycles. The highest BCUT2D eigenvalue weighted by Crippen LogP contribution is 1.95. The summed E-state index contributed by atoms with van der Waals surface area (Å²) in [5.74, 6) is 0.609. The molecule has 8 heavy (non-hydrogen) atoms. The summed E-state index contributed by atoms with van der Waals surface area (Å²) in [5.41, 5.74) is 0. The fourth-order valence-corrected chi connectivity index (χ4v) is 0.599. The molecule has 0 aromatic rings. The van der Waals surface area contributed by atoms with Crippen LogP contribution in [0.5, 0.6) is 0 Å². The lowest BCUT2D eigenvalue weighted by Crippen LogP contribution is -2.16. The van der Waals surface area contributed by atoms with Crippen LogP contribution < -0.4 is 5.32 Å². The first-order valence-electron chi connectivity index (χ1n) is 2.81. The van der Waals surface area contributed by atoms with E-state index in [9.17, 15) is 0 Å². The van der Waals surface area contributed by atoms with Gasteiger partial charge in [-0.2, -0.15) is 0 Å². The van der Waals surface area contributed by atoms with Gasteiger partial charge in [-0.05, 0) is 5.92 Å². The minimum Gasteiger partial charge on any atom is -0.376 e. The van der Waals surface area contributed by atoms with Gasteiger partial charge in [-0.15, -0.1) is 0 Å². The lowest BCUT2D eigenvalue weighted by Gasteiger charge is -1.99. The predicted molar refractivity (Wildman–Crippen MR) is 34.8 cm³/mol. The third-order valence-electron chi connectivity index (χ3n) is 1.11. The predicted octanol–water partition coefficient (Wildman–Crippen LogP) is 0.768. The molecule has 1 unspecified atom stereocenters. The lowest BCUT2D eigenvalue weighted by molar-refractivity contribution is 0.700. The zero-order chi connectivity index (χ0) is 5.82. The Hall–Kier alpha value is -0.790. The minimum atomic E-state index is 0.609. The molecule has 1 atom stereocenters. The molecular formula is C6H10N2. The Labute approximate surface area is 49.3 Å². The monoisotopic (exact) mass is 110 g/mol. The zero-order valence-corrected chi connectivity index (χ0v) is 4.96. The van der Waals surface area contributed by atoms with Crippen molar-refractivity contribution < 1.29 is 0 Å². The highest BCUT2D eigenvalue weighted by Gasteiger charge is 1.94. The van der Waals surface area contributed by atoms with E-state index in [1.165, 1.54) is 0 Å². The Morgan fingerprint density at radius 3 is 3.50 bits per heavy atom. The van der Waals surface area contributed by atoms with Gasteiger partial charge in [0.15, 0.2) is 0 Å². The normalized spacial score (nSPS) is 26.9. The van der Waals surface area contributed by atoms with Gasteiger partial charge in [0, 0.05) is 12.7 Å². The van der Waals surface area contributed by atoms with Crippen molar-refractivity contribution >= 4 is 6.34 Å². The highest BCUT2D eigenvalue weighted by molar-refractivity contribution is 5.55. The smallest absolute Gasteiger partial charge is 0.0879 e. The van der Waals surface area contributed by atoms with E-state index in [1.54, 1.807) is 6.34 Å². The summed E-state index contributed by atoms with van der Waals surface area (Å²) in [6, 6.07) is 0. The van der Waals surface area contributed by atoms with E-state index < -0.39 is 0 Å². The van der Waals surface area contributed by atoms with Crippen LogP contribution >= 0.6 is 0 Å². The van der Waals surface area contributed by atoms with Crippen LogP contribution in [0.1, 0.15) is 6.92 Å². The Morgan fingerprint density at radius 2 is 2.62 bits per heavy atom. The van der Waals surface area contributed by atoms with Crippen molar-refractivity contribution in [2.24, 2.45) is 10.9 Å². The molecule has 0 aromatic heterocycles. The van der Waals surface area contributed by atoms with Crippen LogP contribution in [0, 0.1) is 5.92 Å². The van der Waals surface area contributed by atoms with Crippen molar-refractivity contribution in [3.8, 4) is 0 Å². The van der Waals surface area contributed by atoms with Crippen molar-refractivity contribution in [1.29, 1.82) is 0 Å². The van der Waals surface area contributed by atoms with Crippen molar-refractivity contribution in [3.05, 3.63) is 12.3 Å². The summed E-state index contributed by atoms with van der Waals surface area (Å²) in [6.07, 6.45) is 5.63. The molecule has 0 aliphatic carbocycles. The standard InChI is InChI=1S/C6H10N2/c1-6-2-3-7-5-8-4-6/h2-3,5-6H,4H2,1H3,(H,7,8). The second kappa shape index (κ2) is 2.50. The largest absolute Gasteiger partial charge is 0.376 e. The summed E-state index contributed by atoms with van der Waals surface area (Å²) < 4.78 is 0. The van der Waals surface area contributed by atoms with Crippen LogP contribution in [0.2, 0.25) is 0 Å². The number of hydrogen-bond donors (Lipinski definition) is 1. The maximum absolute atomic E-state index is 3.90. The van der Waals surface area contributed by atoms with Crippen molar-refractivity contribution in [2.75, 3.05) is 6.54 Å². The van der Waals surface area contributed by atoms with Gasteiger partial charge in [-0.3, -0.25) is 0 Å². The van der Waals surface area contributed by atoms with Gasteiger partial charge in [-0.25, -0.2) is 4.99 Å². The van der Waals surface area contributed by atoms with E-state index in [4.69, 9.17) is 0 Å². The van der Waals surface area contributed by atoms with Crippen molar-refractivity contribution in [3.63, 3.8) is 0 Å². The van der Waals surface area contributed by atoms with Crippen LogP contribution in [0.4, 0.5) is 0 Å². The molecule has 2 nitrogen and oxygen atoms in total. The second-order valence-corrected chi connectivity index (χ2v) is 2.01. The third kappa shape index (κ3) is 1.37. The van der Waals surface area contributed by atoms with E-state index in [0.29, 0.717) is 5.92 Å². The fourth-order valence-electron chi connectivity index (χ4n) is 0.599. The number of nitrogens with zero attached hydrogens (tertiary/aromatic N) is 1. The average molecular weight is 110 g/mol. The minimum absolute atomic E-state index is 0.609. The molecule has 44 valence electrons. The van der Waals surface area contributed by atoms with E-state index in [2.05, 4.69) is 23.3 Å². The molecule has 2 heteroatoms. The summed E-state index contributed by atoms with van der Waals surface area (Å²) in [4.78, 5) is 3.90. The van der Waals surface area contributed by atoms with E-state index >= 15 is 0 Å². The van der Waals surface area contributed by atoms with Crippen LogP contribution in [-0.4, -0.2) is 12.9 Å². The van der Waals surface area contributed by atoms with Crippen LogP contribution in [0.25, 0.3) is 0 Å². The molecule has 0 radical (unpaired) electrons. The SMILES string of the molecule is CC1C=CN=CNC1. The van der Waals surface area contributed by atoms with Crippen LogP contribution in [-0.2, 0) is 0 Å². The molecular weight excluding hydrogens is 100 g/mol. The lowest BCUT2D eigenvalue weighted by atomic mass is 10.2. The third-order valence-corrected chi connectivity index (χ3v) is 1.11. The van der Waals surface area contributed by atoms with Gasteiger partial charge < -0.3 is 5.32 Å². The van der Waals surface area contributed by atoms with E-state index in [0.717, 1.165) is 6.54 Å². The second-order valence-electron chi connectivity index (χ2n) is 2.01. The van der Waals surface area contributed by atoms with Gasteiger partial charge in [-0.1, -0.05) is 13.0 Å². The van der Waals surface area contributed by atoms with Crippen LogP contribution in [0.15, 0.2) is 17.3 Å². The molecule has 1 N–H and O–H groups in total. The average Bonchev–Trinajstić information content (AvgIpc) is 1.94. The molecule has 1 aliphatic heterocycles. The van der Waals surface area contributed by atoms with Crippen LogP contribution in [0.3, 0.4) is 0 Å². The maximum atomic E-state index is 3.90. The molecule has 0 spiro atoms. The Bertz CT molecular complexity index is 116. The highest BCUT2D eigenvalue weighted by atomic mass is 14.9. The fraction of sp³-hybridized carbons (Fsp3) is 0.500. The zero-order valence-electron chi connectivity index (χ0n) is 4.96. The number of aliphatic imine (C=N–C) groups is 1. The molecule has 0 saturated heterocycles. The molecule has 0 amide bonds. The Morgan fingerprint density at radius 1 is 1.75 bits per heavy atom. The van der Waals surface area contributed by atoms with E-state index in [-0.39, 0.29) is 0 Å². The molecule has 0 saturated carbocycles. The summed E-state index contributed by atoms with van der Waals surface area (Å²) >= 11 is 0. The molecule has 0 bridgehead atoms. The topological polar surface area (TPSA) is 24.4 Å². The Kier molecular flexibility index (Phi) is 1.67. The first-order chi connectivity index (χ1) is 3.89. The Balaban J connectivity index is 2.46. The van der Waals surface area contributed by atoms with Gasteiger partial charge in [0.25, 0.3) is 0 Å². The summed E-state index contributed by atoms with van der Waals surface area (Å²) in [6.45, 7) is 3.15. The van der Waals surface area contributed by atoms with Crippen molar-refractivity contribution in [2.45, 2.75) is 6.92 Å². The van der Waals surface area contributed by atoms with Crippen molar-refractivity contribution in [1.82, 2.24) is 5.32 Å². The molecule has 0 aromatic carbocycles.